The van der Waals surface area contributed by atoms with Crippen LogP contribution in [0.15, 0.2) is 60.5 Å². The lowest BCUT2D eigenvalue weighted by Crippen LogP contribution is -2.60. The fourth-order valence-electron chi connectivity index (χ4n) is 9.88. The number of aliphatic hydroxyl groups excluding tert-OH is 2. The van der Waals surface area contributed by atoms with E-state index in [0.717, 1.165) is 49.7 Å². The predicted octanol–water partition coefficient (Wildman–Crippen LogP) is 2.09. The zero-order valence-corrected chi connectivity index (χ0v) is 42.3. The molecule has 0 saturated carbocycles. The maximum atomic E-state index is 14.4. The smallest absolute Gasteiger partial charge is 0.271 e. The number of nitrogens with two attached hydrogens (primary N) is 2. The van der Waals surface area contributed by atoms with Gasteiger partial charge >= 0.3 is 0 Å². The molecule has 6 rings (SSSR count). The number of hydrogen-bond donors (Lipinski definition) is 8. The third kappa shape index (κ3) is 13.7. The van der Waals surface area contributed by atoms with Gasteiger partial charge in [0.05, 0.1) is 30.9 Å². The Kier molecular flexibility index (Phi) is 18.5. The molecule has 0 aromatic heterocycles. The molecule has 2 saturated heterocycles. The highest BCUT2D eigenvalue weighted by atomic mass is 16.5. The number of benzene rings is 2. The van der Waals surface area contributed by atoms with Crippen LogP contribution in [0.5, 0.6) is 0 Å². The number of ether oxygens (including phenoxy) is 2. The van der Waals surface area contributed by atoms with Gasteiger partial charge in [0.2, 0.25) is 29.5 Å². The highest BCUT2D eigenvalue weighted by molar-refractivity contribution is 5.98. The van der Waals surface area contributed by atoms with Crippen LogP contribution in [0.25, 0.3) is 0 Å². The number of likely N-dealkylation sites (tertiary alicyclic amines) is 2. The minimum absolute atomic E-state index is 0.0418. The van der Waals surface area contributed by atoms with Gasteiger partial charge in [0.1, 0.15) is 55.4 Å². The average Bonchev–Trinajstić information content (AvgIpc) is 3.99. The van der Waals surface area contributed by atoms with Crippen molar-refractivity contribution in [2.45, 2.75) is 147 Å². The molecule has 10 N–H and O–H groups in total. The summed E-state index contributed by atoms with van der Waals surface area (Å²) in [6, 6.07) is 10.3. The lowest BCUT2D eigenvalue weighted by molar-refractivity contribution is -0.144. The zero-order chi connectivity index (χ0) is 52.3. The largest absolute Gasteiger partial charge is 0.513 e. The molecule has 2 fully saturated rings. The van der Waals surface area contributed by atoms with Crippen molar-refractivity contribution in [3.05, 3.63) is 82.7 Å². The second kappa shape index (κ2) is 24.3. The third-order valence-electron chi connectivity index (χ3n) is 13.8. The van der Waals surface area contributed by atoms with Crippen molar-refractivity contribution in [3.63, 3.8) is 0 Å². The zero-order valence-electron chi connectivity index (χ0n) is 42.3. The predicted molar refractivity (Wildman–Crippen MR) is 269 cm³/mol. The topological polar surface area (TPSA) is 268 Å². The van der Waals surface area contributed by atoms with E-state index in [-0.39, 0.29) is 63.0 Å². The maximum Gasteiger partial charge on any atom is 0.271 e. The minimum Gasteiger partial charge on any atom is -0.513 e. The van der Waals surface area contributed by atoms with Crippen molar-refractivity contribution in [1.29, 1.82) is 0 Å². The molecule has 0 bridgehead atoms. The standard InChI is InChI=1S/C54H72N8O10/c1-53(2,3)45(59-47(65)39(55)31-63)51(69)61-29-35(27-43(61)49(67)57-41-23-15-19-33-17-9-11-21-37(33)41)71-25-13-7-8-14-26-72-36-28-44(50(68)58-42-24-16-20-34-18-10-12-22-38(34)42)62(30-36)52(70)46(54(4,5)6)60-48(66)40(56)32-64/h9-12,17-18,21-22,31,35-36,40-46,63-64H,15-16,19-20,23-30,32,55-56H2,1-6H3,(H,57,67)(H,58,68)(H,59,65)(H,60,66)/b39-31-/t35-,36-,40-,41+,42+,43-,44-,45+,46+/m0/s1. The van der Waals surface area contributed by atoms with Gasteiger partial charge in [-0.15, -0.1) is 0 Å². The number of fused-ring (bicyclic) bond motifs is 2. The lowest BCUT2D eigenvalue weighted by Gasteiger charge is -2.36. The SMILES string of the molecule is CC(C)(C)[C@H](NC(=O)/C(N)=C/O)C(=O)N1C[C@@H](OCC#CC#CCO[C@H]2C[C@@H](C(=O)N[C@@H]3CCCc4ccccc43)N(C(=O)[C@@H](NC(=O)[C@@H](N)CO)C(C)(C)C)C2)C[C@H]1C(=O)N[C@@H]1CCCc2ccccc21. The van der Waals surface area contributed by atoms with Crippen LogP contribution in [0.2, 0.25) is 0 Å². The lowest BCUT2D eigenvalue weighted by atomic mass is 9.85. The molecule has 2 aliphatic heterocycles. The van der Waals surface area contributed by atoms with E-state index in [0.29, 0.717) is 6.26 Å². The first-order valence-electron chi connectivity index (χ1n) is 24.9. The van der Waals surface area contributed by atoms with Crippen LogP contribution < -0.4 is 32.7 Å². The normalized spacial score (nSPS) is 23.1. The second-order valence-corrected chi connectivity index (χ2v) is 21.2. The summed E-state index contributed by atoms with van der Waals surface area (Å²) in [6.45, 7) is 10.1. The Labute approximate surface area is 422 Å². The number of aryl methyl sites for hydroxylation is 2. The summed E-state index contributed by atoms with van der Waals surface area (Å²) in [4.78, 5) is 85.5. The molecule has 2 aromatic rings. The molecule has 388 valence electrons. The van der Waals surface area contributed by atoms with Gasteiger partial charge in [0, 0.05) is 25.9 Å². The van der Waals surface area contributed by atoms with E-state index in [1.807, 2.05) is 36.4 Å². The van der Waals surface area contributed by atoms with Gasteiger partial charge in [-0.3, -0.25) is 28.8 Å². The Balaban J connectivity index is 1.11. The molecule has 2 aliphatic carbocycles. The van der Waals surface area contributed by atoms with Crippen molar-refractivity contribution in [3.8, 4) is 23.7 Å². The summed E-state index contributed by atoms with van der Waals surface area (Å²) >= 11 is 0. The quantitative estimate of drug-likeness (QED) is 0.0725. The number of carbonyl (C=O) groups excluding carboxylic acids is 6. The van der Waals surface area contributed by atoms with E-state index in [1.54, 1.807) is 41.5 Å². The fraction of sp³-hybridized carbons (Fsp3) is 0.556. The molecule has 0 radical (unpaired) electrons. The number of carbonyl (C=O) groups is 6. The first-order chi connectivity index (χ1) is 34.2. The van der Waals surface area contributed by atoms with E-state index in [2.05, 4.69) is 57.1 Å². The summed E-state index contributed by atoms with van der Waals surface area (Å²) in [6.07, 6.45) is 4.76. The molecular weight excluding hydrogens is 921 g/mol. The Morgan fingerprint density at radius 2 is 1.15 bits per heavy atom. The Morgan fingerprint density at radius 3 is 1.57 bits per heavy atom. The Bertz CT molecular complexity index is 2480. The van der Waals surface area contributed by atoms with Crippen LogP contribution in [0.1, 0.15) is 114 Å². The summed E-state index contributed by atoms with van der Waals surface area (Å²) < 4.78 is 12.2. The summed E-state index contributed by atoms with van der Waals surface area (Å²) in [5.41, 5.74) is 13.8. The van der Waals surface area contributed by atoms with E-state index in [1.165, 1.54) is 20.9 Å². The number of nitrogens with zero attached hydrogens (tertiary/aromatic N) is 2. The molecule has 2 heterocycles. The van der Waals surface area contributed by atoms with E-state index >= 15 is 0 Å². The van der Waals surface area contributed by atoms with Crippen LogP contribution >= 0.6 is 0 Å². The van der Waals surface area contributed by atoms with Crippen LogP contribution in [0, 0.1) is 34.5 Å². The monoisotopic (exact) mass is 993 g/mol. The summed E-state index contributed by atoms with van der Waals surface area (Å²) in [7, 11) is 0. The number of hydrogen-bond acceptors (Lipinski definition) is 12. The molecule has 6 amide bonds. The number of nitrogens with one attached hydrogen (secondary N) is 4. The molecule has 9 atom stereocenters. The van der Waals surface area contributed by atoms with Gasteiger partial charge in [-0.1, -0.05) is 102 Å². The van der Waals surface area contributed by atoms with Crippen molar-refractivity contribution >= 4 is 35.4 Å². The van der Waals surface area contributed by atoms with Crippen molar-refractivity contribution in [2.75, 3.05) is 32.9 Å². The number of aliphatic hydroxyl groups is 2. The first kappa shape index (κ1) is 54.9. The molecular formula is C54H72N8O10. The maximum absolute atomic E-state index is 14.4. The third-order valence-corrected chi connectivity index (χ3v) is 13.8. The average molecular weight is 993 g/mol. The Morgan fingerprint density at radius 1 is 0.722 bits per heavy atom. The van der Waals surface area contributed by atoms with E-state index in [4.69, 9.17) is 20.9 Å². The minimum atomic E-state index is -1.23. The van der Waals surface area contributed by atoms with Gasteiger partial charge in [0.25, 0.3) is 5.91 Å². The first-order valence-corrected chi connectivity index (χ1v) is 24.9. The number of amides is 6. The van der Waals surface area contributed by atoms with Crippen LogP contribution in [0.4, 0.5) is 0 Å². The highest BCUT2D eigenvalue weighted by Crippen LogP contribution is 2.34. The fourth-order valence-corrected chi connectivity index (χ4v) is 9.88. The summed E-state index contributed by atoms with van der Waals surface area (Å²) in [5, 5.41) is 30.6. The Hall–Kier alpha value is -6.44. The summed E-state index contributed by atoms with van der Waals surface area (Å²) in [5.74, 6) is 8.07. The van der Waals surface area contributed by atoms with Gasteiger partial charge < -0.3 is 62.2 Å². The van der Waals surface area contributed by atoms with Crippen LogP contribution in [-0.2, 0) is 51.1 Å². The molecule has 0 spiro atoms. The molecule has 72 heavy (non-hydrogen) atoms. The van der Waals surface area contributed by atoms with Gasteiger partial charge in [-0.25, -0.2) is 0 Å². The van der Waals surface area contributed by atoms with Gasteiger partial charge in [-0.05, 0) is 83.4 Å². The molecule has 18 nitrogen and oxygen atoms in total. The molecule has 2 aromatic carbocycles. The molecule has 0 unspecified atom stereocenters. The van der Waals surface area contributed by atoms with Gasteiger partial charge in [-0.2, -0.15) is 0 Å². The van der Waals surface area contributed by atoms with Crippen molar-refractivity contribution in [1.82, 2.24) is 31.1 Å². The van der Waals surface area contributed by atoms with Crippen LogP contribution in [-0.4, -0.2) is 131 Å². The number of rotatable bonds is 15. The van der Waals surface area contributed by atoms with Crippen molar-refractivity contribution < 1.29 is 48.5 Å². The van der Waals surface area contributed by atoms with Crippen molar-refractivity contribution in [2.24, 2.45) is 22.3 Å². The van der Waals surface area contributed by atoms with E-state index in [9.17, 15) is 39.0 Å². The molecule has 4 aliphatic rings. The highest BCUT2D eigenvalue weighted by Gasteiger charge is 2.48. The van der Waals surface area contributed by atoms with Crippen LogP contribution in [0.3, 0.4) is 0 Å². The van der Waals surface area contributed by atoms with Gasteiger partial charge in [0.15, 0.2) is 0 Å². The van der Waals surface area contributed by atoms with E-state index < -0.39 is 89.2 Å². The molecule has 18 heteroatoms. The second-order valence-electron chi connectivity index (χ2n) is 21.2.